The van der Waals surface area contributed by atoms with Crippen LogP contribution in [0.1, 0.15) is 37.4 Å². The van der Waals surface area contributed by atoms with Crippen LogP contribution in [0.4, 0.5) is 5.69 Å². The van der Waals surface area contributed by atoms with E-state index in [2.05, 4.69) is 25.2 Å². The number of nitrogens with two attached hydrogens (primary N) is 1. The molecular weight excluding hydrogens is 236 g/mol. The smallest absolute Gasteiger partial charge is 0.224 e. The average Bonchev–Trinajstić information content (AvgIpc) is 2.28. The molecule has 0 saturated carbocycles. The topological polar surface area (TPSA) is 55.1 Å². The third-order valence-electron chi connectivity index (χ3n) is 3.18. The van der Waals surface area contributed by atoms with Gasteiger partial charge in [-0.2, -0.15) is 0 Å². The number of hydrogen-bond donors (Lipinski definition) is 2. The predicted molar refractivity (Wildman–Crippen MR) is 70.2 cm³/mol. The van der Waals surface area contributed by atoms with Gasteiger partial charge in [0.15, 0.2) is 0 Å². The van der Waals surface area contributed by atoms with Crippen molar-refractivity contribution in [3.05, 3.63) is 28.3 Å². The van der Waals surface area contributed by atoms with Crippen LogP contribution < -0.4 is 11.1 Å². The van der Waals surface area contributed by atoms with Crippen molar-refractivity contribution in [2.45, 2.75) is 32.7 Å². The lowest BCUT2D eigenvalue weighted by molar-refractivity contribution is -0.116. The Morgan fingerprint density at radius 1 is 1.35 bits per heavy atom. The van der Waals surface area contributed by atoms with Crippen LogP contribution in [0.2, 0.25) is 5.02 Å². The molecule has 0 saturated heterocycles. The number of hydrogen-bond acceptors (Lipinski definition) is 2. The van der Waals surface area contributed by atoms with Crippen molar-refractivity contribution in [3.63, 3.8) is 0 Å². The molecule has 1 aliphatic heterocycles. The molecule has 0 radical (unpaired) electrons. The fraction of sp³-hybridized carbons (Fsp3) is 0.462. The molecule has 2 rings (SSSR count). The van der Waals surface area contributed by atoms with E-state index in [-0.39, 0.29) is 11.9 Å². The monoisotopic (exact) mass is 252 g/mol. The molecule has 0 aliphatic carbocycles. The Morgan fingerprint density at radius 2 is 2.06 bits per heavy atom. The Hall–Kier alpha value is -1.06. The van der Waals surface area contributed by atoms with E-state index in [1.165, 1.54) is 0 Å². The third kappa shape index (κ3) is 2.45. The van der Waals surface area contributed by atoms with Gasteiger partial charge in [-0.05, 0) is 29.5 Å². The molecule has 3 N–H and O–H groups in total. The van der Waals surface area contributed by atoms with Gasteiger partial charge in [-0.25, -0.2) is 0 Å². The third-order valence-corrected chi connectivity index (χ3v) is 3.48. The number of aryl methyl sites for hydroxylation is 1. The maximum Gasteiger partial charge on any atom is 0.224 e. The lowest BCUT2D eigenvalue weighted by atomic mass is 9.92. The van der Waals surface area contributed by atoms with Gasteiger partial charge >= 0.3 is 0 Å². The highest BCUT2D eigenvalue weighted by Crippen LogP contribution is 2.34. The molecule has 1 aromatic rings. The highest BCUT2D eigenvalue weighted by molar-refractivity contribution is 6.34. The molecule has 92 valence electrons. The van der Waals surface area contributed by atoms with E-state index in [1.807, 2.05) is 6.07 Å². The molecule has 1 atom stereocenters. The number of nitrogens with one attached hydrogen (secondary N) is 1. The Morgan fingerprint density at radius 3 is 2.71 bits per heavy atom. The Balaban J connectivity index is 2.41. The van der Waals surface area contributed by atoms with Gasteiger partial charge in [-0.3, -0.25) is 4.79 Å². The number of rotatable bonds is 2. The standard InChI is InChI=1S/C13H17ClN2O/c1-7(2)12(15)9-5-8-3-4-11(17)16-13(8)10(14)6-9/h5-7,12H,3-4,15H2,1-2H3,(H,16,17). The first-order valence-corrected chi connectivity index (χ1v) is 6.24. The largest absolute Gasteiger partial charge is 0.325 e. The molecule has 1 amide bonds. The molecular formula is C13H17ClN2O. The average molecular weight is 253 g/mol. The van der Waals surface area contributed by atoms with Gasteiger partial charge in [0.25, 0.3) is 0 Å². The number of halogens is 1. The summed E-state index contributed by atoms with van der Waals surface area (Å²) in [4.78, 5) is 11.3. The van der Waals surface area contributed by atoms with Gasteiger partial charge in [0.1, 0.15) is 0 Å². The number of fused-ring (bicyclic) bond motifs is 1. The molecule has 17 heavy (non-hydrogen) atoms. The van der Waals surface area contributed by atoms with Crippen molar-refractivity contribution >= 4 is 23.2 Å². The van der Waals surface area contributed by atoms with Crippen LogP contribution >= 0.6 is 11.6 Å². The second-order valence-electron chi connectivity index (χ2n) is 4.85. The van der Waals surface area contributed by atoms with Gasteiger partial charge in [-0.15, -0.1) is 0 Å². The quantitative estimate of drug-likeness (QED) is 0.850. The highest BCUT2D eigenvalue weighted by Gasteiger charge is 2.20. The van der Waals surface area contributed by atoms with Gasteiger partial charge in [0, 0.05) is 12.5 Å². The van der Waals surface area contributed by atoms with Crippen LogP contribution in [0.15, 0.2) is 12.1 Å². The van der Waals surface area contributed by atoms with E-state index in [1.54, 1.807) is 0 Å². The van der Waals surface area contributed by atoms with E-state index >= 15 is 0 Å². The maximum absolute atomic E-state index is 11.3. The molecule has 1 aromatic carbocycles. The van der Waals surface area contributed by atoms with E-state index in [0.29, 0.717) is 17.4 Å². The summed E-state index contributed by atoms with van der Waals surface area (Å²) in [6.45, 7) is 4.17. The zero-order valence-electron chi connectivity index (χ0n) is 10.1. The second kappa shape index (κ2) is 4.67. The number of anilines is 1. The van der Waals surface area contributed by atoms with Gasteiger partial charge in [0.2, 0.25) is 5.91 Å². The Bertz CT molecular complexity index is 457. The molecule has 0 spiro atoms. The minimum atomic E-state index is -0.0181. The van der Waals surface area contributed by atoms with E-state index in [0.717, 1.165) is 23.2 Å². The Kier molecular flexibility index (Phi) is 3.40. The van der Waals surface area contributed by atoms with E-state index in [9.17, 15) is 4.79 Å². The summed E-state index contributed by atoms with van der Waals surface area (Å²) in [6.07, 6.45) is 1.25. The van der Waals surface area contributed by atoms with E-state index < -0.39 is 0 Å². The molecule has 0 bridgehead atoms. The maximum atomic E-state index is 11.3. The SMILES string of the molecule is CC(C)C(N)c1cc(Cl)c2c(c1)CCC(=O)N2. The second-order valence-corrected chi connectivity index (χ2v) is 5.26. The first kappa shape index (κ1) is 12.4. The lowest BCUT2D eigenvalue weighted by Gasteiger charge is -2.22. The molecule has 1 heterocycles. The first-order chi connectivity index (χ1) is 7.99. The van der Waals surface area contributed by atoms with Crippen molar-refractivity contribution < 1.29 is 4.79 Å². The first-order valence-electron chi connectivity index (χ1n) is 5.86. The normalized spacial score (nSPS) is 16.6. The van der Waals surface area contributed by atoms with Crippen LogP contribution in [-0.2, 0) is 11.2 Å². The van der Waals surface area contributed by atoms with Crippen LogP contribution in [-0.4, -0.2) is 5.91 Å². The van der Waals surface area contributed by atoms with Crippen molar-refractivity contribution in [1.82, 2.24) is 0 Å². The summed E-state index contributed by atoms with van der Waals surface area (Å²) in [5.74, 6) is 0.391. The van der Waals surface area contributed by atoms with Gasteiger partial charge in [-0.1, -0.05) is 31.5 Å². The van der Waals surface area contributed by atoms with Crippen molar-refractivity contribution in [1.29, 1.82) is 0 Å². The summed E-state index contributed by atoms with van der Waals surface area (Å²) in [7, 11) is 0. The minimum absolute atomic E-state index is 0.0181. The van der Waals surface area contributed by atoms with Crippen LogP contribution in [0.5, 0.6) is 0 Å². The fourth-order valence-electron chi connectivity index (χ4n) is 2.05. The summed E-state index contributed by atoms with van der Waals surface area (Å²) in [5, 5.41) is 3.40. The minimum Gasteiger partial charge on any atom is -0.325 e. The molecule has 3 nitrogen and oxygen atoms in total. The van der Waals surface area contributed by atoms with Crippen molar-refractivity contribution in [2.75, 3.05) is 5.32 Å². The fourth-order valence-corrected chi connectivity index (χ4v) is 2.35. The highest BCUT2D eigenvalue weighted by atomic mass is 35.5. The van der Waals surface area contributed by atoms with Gasteiger partial charge < -0.3 is 11.1 Å². The molecule has 1 unspecified atom stereocenters. The number of amides is 1. The molecule has 1 aliphatic rings. The molecule has 4 heteroatoms. The number of carbonyl (C=O) groups excluding carboxylic acids is 1. The number of benzene rings is 1. The van der Waals surface area contributed by atoms with Crippen LogP contribution in [0, 0.1) is 5.92 Å². The van der Waals surface area contributed by atoms with Crippen LogP contribution in [0.3, 0.4) is 0 Å². The predicted octanol–water partition coefficient (Wildman–Crippen LogP) is 2.88. The Labute approximate surface area is 106 Å². The van der Waals surface area contributed by atoms with Crippen LogP contribution in [0.25, 0.3) is 0 Å². The zero-order valence-corrected chi connectivity index (χ0v) is 10.8. The summed E-state index contributed by atoms with van der Waals surface area (Å²) in [6, 6.07) is 3.90. The molecule has 0 aromatic heterocycles. The number of carbonyl (C=O) groups is 1. The zero-order chi connectivity index (χ0) is 12.6. The van der Waals surface area contributed by atoms with E-state index in [4.69, 9.17) is 17.3 Å². The lowest BCUT2D eigenvalue weighted by Crippen LogP contribution is -2.21. The summed E-state index contributed by atoms with van der Waals surface area (Å²) >= 11 is 6.19. The van der Waals surface area contributed by atoms with Crippen molar-refractivity contribution in [3.8, 4) is 0 Å². The van der Waals surface area contributed by atoms with Crippen molar-refractivity contribution in [2.24, 2.45) is 11.7 Å². The summed E-state index contributed by atoms with van der Waals surface area (Å²) in [5.41, 5.74) is 9.00. The molecule has 0 fully saturated rings. The summed E-state index contributed by atoms with van der Waals surface area (Å²) < 4.78 is 0. The van der Waals surface area contributed by atoms with Gasteiger partial charge in [0.05, 0.1) is 10.7 Å².